The number of aliphatic hydroxyl groups excluding tert-OH is 1. The topological polar surface area (TPSA) is 102 Å². The normalized spacial score (nSPS) is 17.8. The number of hydrogen-bond acceptors (Lipinski definition) is 7. The van der Waals surface area contributed by atoms with Crippen molar-refractivity contribution in [2.45, 2.75) is 32.2 Å². The SMILES string of the molecule is COc1ccc(C2/C(=C(\O)c3ccccc3)C(=O)C(=O)N2c2cc(C(C)(C)C)on2)cc1OC. The lowest BCUT2D eigenvalue weighted by atomic mass is 9.93. The molecule has 0 spiro atoms. The van der Waals surface area contributed by atoms with E-state index in [9.17, 15) is 14.7 Å². The molecule has 0 radical (unpaired) electrons. The Kier molecular flexibility index (Phi) is 5.91. The Morgan fingerprint density at radius 2 is 1.68 bits per heavy atom. The quantitative estimate of drug-likeness (QED) is 0.335. The number of Topliss-reactive ketones (excluding diaryl/α,β-unsaturated/α-hetero) is 1. The summed E-state index contributed by atoms with van der Waals surface area (Å²) in [5.41, 5.74) is 0.543. The number of ketones is 1. The largest absolute Gasteiger partial charge is 0.507 e. The molecule has 1 aliphatic rings. The predicted octanol–water partition coefficient (Wildman–Crippen LogP) is 4.62. The number of aromatic nitrogens is 1. The fourth-order valence-corrected chi connectivity index (χ4v) is 3.89. The van der Waals surface area contributed by atoms with Crippen LogP contribution in [0.4, 0.5) is 5.82 Å². The Hall–Kier alpha value is -4.07. The summed E-state index contributed by atoms with van der Waals surface area (Å²) in [6.07, 6.45) is 0. The van der Waals surface area contributed by atoms with E-state index in [0.29, 0.717) is 28.4 Å². The molecule has 176 valence electrons. The number of rotatable bonds is 5. The molecule has 2 heterocycles. The summed E-state index contributed by atoms with van der Waals surface area (Å²) in [5.74, 6) is -0.269. The molecule has 1 fully saturated rings. The van der Waals surface area contributed by atoms with Crippen molar-refractivity contribution in [3.8, 4) is 11.5 Å². The van der Waals surface area contributed by atoms with Crippen LogP contribution in [0.1, 0.15) is 43.7 Å². The van der Waals surface area contributed by atoms with Crippen LogP contribution in [0.15, 0.2) is 64.7 Å². The summed E-state index contributed by atoms with van der Waals surface area (Å²) in [7, 11) is 3.01. The third-order valence-electron chi connectivity index (χ3n) is 5.70. The third kappa shape index (κ3) is 3.91. The molecule has 2 aromatic carbocycles. The van der Waals surface area contributed by atoms with Crippen LogP contribution in [-0.4, -0.2) is 36.2 Å². The number of nitrogens with zero attached hydrogens (tertiary/aromatic N) is 2. The lowest BCUT2D eigenvalue weighted by molar-refractivity contribution is -0.132. The molecule has 1 saturated heterocycles. The Morgan fingerprint density at radius 3 is 2.26 bits per heavy atom. The van der Waals surface area contributed by atoms with Gasteiger partial charge in [0.25, 0.3) is 5.78 Å². The van der Waals surface area contributed by atoms with E-state index in [1.54, 1.807) is 54.6 Å². The number of hydrogen-bond donors (Lipinski definition) is 1. The second kappa shape index (κ2) is 8.70. The van der Waals surface area contributed by atoms with Crippen molar-refractivity contribution in [2.24, 2.45) is 0 Å². The summed E-state index contributed by atoms with van der Waals surface area (Å²) in [4.78, 5) is 27.8. The van der Waals surface area contributed by atoms with Crippen LogP contribution in [0.3, 0.4) is 0 Å². The molecule has 1 atom stereocenters. The van der Waals surface area contributed by atoms with E-state index in [1.807, 2.05) is 20.8 Å². The summed E-state index contributed by atoms with van der Waals surface area (Å²) in [6, 6.07) is 14.4. The highest BCUT2D eigenvalue weighted by Gasteiger charge is 2.48. The Balaban J connectivity index is 1.95. The van der Waals surface area contributed by atoms with Crippen LogP contribution in [0.5, 0.6) is 11.5 Å². The number of aliphatic hydroxyl groups is 1. The Bertz CT molecular complexity index is 1270. The molecular formula is C26H26N2O6. The van der Waals surface area contributed by atoms with Crippen LogP contribution in [-0.2, 0) is 15.0 Å². The van der Waals surface area contributed by atoms with Crippen molar-refractivity contribution in [1.82, 2.24) is 5.16 Å². The van der Waals surface area contributed by atoms with E-state index in [2.05, 4.69) is 5.16 Å². The highest BCUT2D eigenvalue weighted by Crippen LogP contribution is 2.44. The third-order valence-corrected chi connectivity index (χ3v) is 5.70. The molecule has 34 heavy (non-hydrogen) atoms. The van der Waals surface area contributed by atoms with Crippen molar-refractivity contribution < 1.29 is 28.7 Å². The van der Waals surface area contributed by atoms with Gasteiger partial charge in [-0.2, -0.15) is 0 Å². The summed E-state index contributed by atoms with van der Waals surface area (Å²) in [6.45, 7) is 5.85. The monoisotopic (exact) mass is 462 g/mol. The average Bonchev–Trinajstić information content (AvgIpc) is 3.42. The van der Waals surface area contributed by atoms with Gasteiger partial charge in [-0.3, -0.25) is 14.5 Å². The maximum Gasteiger partial charge on any atom is 0.301 e. The molecule has 0 aliphatic carbocycles. The molecule has 4 rings (SSSR count). The van der Waals surface area contributed by atoms with Crippen molar-refractivity contribution in [3.05, 3.63) is 77.1 Å². The van der Waals surface area contributed by atoms with Crippen LogP contribution in [0.25, 0.3) is 5.76 Å². The number of benzene rings is 2. The standard InChI is InChI=1S/C26H26N2O6/c1-26(2,3)19-14-20(27-34-19)28-22(16-11-12-17(32-4)18(13-16)33-5)21(24(30)25(28)31)23(29)15-9-7-6-8-10-15/h6-14,22,29H,1-5H3/b23-21+. The lowest BCUT2D eigenvalue weighted by Crippen LogP contribution is -2.29. The van der Waals surface area contributed by atoms with Gasteiger partial charge < -0.3 is 19.1 Å². The molecule has 0 saturated carbocycles. The van der Waals surface area contributed by atoms with E-state index in [4.69, 9.17) is 14.0 Å². The van der Waals surface area contributed by atoms with Crippen LogP contribution < -0.4 is 14.4 Å². The van der Waals surface area contributed by atoms with E-state index in [-0.39, 0.29) is 22.6 Å². The lowest BCUT2D eigenvalue weighted by Gasteiger charge is -2.23. The first kappa shape index (κ1) is 23.1. The van der Waals surface area contributed by atoms with Gasteiger partial charge in [-0.15, -0.1) is 0 Å². The van der Waals surface area contributed by atoms with Crippen LogP contribution >= 0.6 is 0 Å². The molecule has 1 aliphatic heterocycles. The van der Waals surface area contributed by atoms with Gasteiger partial charge >= 0.3 is 5.91 Å². The van der Waals surface area contributed by atoms with Gasteiger partial charge in [-0.05, 0) is 17.7 Å². The molecular weight excluding hydrogens is 436 g/mol. The number of ether oxygens (including phenoxy) is 2. The molecule has 1 amide bonds. The minimum Gasteiger partial charge on any atom is -0.507 e. The van der Waals surface area contributed by atoms with E-state index in [0.717, 1.165) is 0 Å². The number of amides is 1. The molecule has 1 N–H and O–H groups in total. The van der Waals surface area contributed by atoms with Crippen molar-refractivity contribution in [1.29, 1.82) is 0 Å². The van der Waals surface area contributed by atoms with E-state index in [1.165, 1.54) is 19.1 Å². The van der Waals surface area contributed by atoms with Crippen molar-refractivity contribution in [2.75, 3.05) is 19.1 Å². The van der Waals surface area contributed by atoms with Crippen LogP contribution in [0.2, 0.25) is 0 Å². The smallest absolute Gasteiger partial charge is 0.301 e. The molecule has 3 aromatic rings. The van der Waals surface area contributed by atoms with Gasteiger partial charge in [0.05, 0.1) is 25.8 Å². The minimum atomic E-state index is -0.960. The zero-order valence-electron chi connectivity index (χ0n) is 19.7. The molecule has 8 nitrogen and oxygen atoms in total. The van der Waals surface area contributed by atoms with Gasteiger partial charge in [0, 0.05) is 17.0 Å². The molecule has 0 bridgehead atoms. The first-order chi connectivity index (χ1) is 16.2. The zero-order chi connectivity index (χ0) is 24.6. The van der Waals surface area contributed by atoms with Gasteiger partial charge in [0.15, 0.2) is 17.3 Å². The zero-order valence-corrected chi connectivity index (χ0v) is 19.7. The first-order valence-corrected chi connectivity index (χ1v) is 10.7. The number of carbonyl (C=O) groups is 2. The molecule has 1 unspecified atom stereocenters. The fraction of sp³-hybridized carbons (Fsp3) is 0.269. The first-order valence-electron chi connectivity index (χ1n) is 10.7. The summed E-state index contributed by atoms with van der Waals surface area (Å²) < 4.78 is 16.3. The Labute approximate surface area is 197 Å². The van der Waals surface area contributed by atoms with Crippen LogP contribution in [0, 0.1) is 0 Å². The second-order valence-electron chi connectivity index (χ2n) is 8.95. The van der Waals surface area contributed by atoms with Gasteiger partial charge in [0.2, 0.25) is 0 Å². The molecule has 8 heteroatoms. The summed E-state index contributed by atoms with van der Waals surface area (Å²) in [5, 5.41) is 15.2. The van der Waals surface area contributed by atoms with E-state index < -0.39 is 17.7 Å². The number of carbonyl (C=O) groups excluding carboxylic acids is 2. The van der Waals surface area contributed by atoms with Gasteiger partial charge in [0.1, 0.15) is 11.5 Å². The number of anilines is 1. The van der Waals surface area contributed by atoms with Crippen molar-refractivity contribution in [3.63, 3.8) is 0 Å². The highest BCUT2D eigenvalue weighted by atomic mass is 16.5. The fourth-order valence-electron chi connectivity index (χ4n) is 3.89. The Morgan fingerprint density at radius 1 is 1.00 bits per heavy atom. The minimum absolute atomic E-state index is 0.0521. The maximum atomic E-state index is 13.3. The van der Waals surface area contributed by atoms with E-state index >= 15 is 0 Å². The maximum absolute atomic E-state index is 13.3. The number of methoxy groups -OCH3 is 2. The predicted molar refractivity (Wildman–Crippen MR) is 126 cm³/mol. The second-order valence-corrected chi connectivity index (χ2v) is 8.95. The van der Waals surface area contributed by atoms with Gasteiger partial charge in [-0.25, -0.2) is 0 Å². The average molecular weight is 463 g/mol. The molecule has 1 aromatic heterocycles. The highest BCUT2D eigenvalue weighted by molar-refractivity contribution is 6.51. The summed E-state index contributed by atoms with van der Waals surface area (Å²) >= 11 is 0. The van der Waals surface area contributed by atoms with Gasteiger partial charge in [-0.1, -0.05) is 62.3 Å². The van der Waals surface area contributed by atoms with Crippen molar-refractivity contribution >= 4 is 23.3 Å².